The van der Waals surface area contributed by atoms with Crippen LogP contribution in [-0.2, 0) is 4.74 Å². The minimum absolute atomic E-state index is 0.193. The fraction of sp³-hybridized carbons (Fsp3) is 0.130. The molecule has 1 N–H and O–H groups in total. The average Bonchev–Trinajstić information content (AvgIpc) is 2.70. The standard InChI is InChI=1S/C23H21NO3/c1-3-27-23(26)20-13-14-21(16(2)15-20)24-22(25)19-11-9-18(10-12-19)17-7-5-4-6-8-17/h4-15H,3H2,1-2H3,(H,24,25). The van der Waals surface area contributed by atoms with Crippen LogP contribution in [0.1, 0.15) is 33.2 Å². The Balaban J connectivity index is 1.73. The van der Waals surface area contributed by atoms with Gasteiger partial charge in [-0.15, -0.1) is 0 Å². The first-order valence-corrected chi connectivity index (χ1v) is 8.83. The summed E-state index contributed by atoms with van der Waals surface area (Å²) < 4.78 is 4.99. The molecule has 1 amide bonds. The lowest BCUT2D eigenvalue weighted by atomic mass is 10.0. The molecule has 0 atom stereocenters. The van der Waals surface area contributed by atoms with Crippen LogP contribution in [0.2, 0.25) is 0 Å². The summed E-state index contributed by atoms with van der Waals surface area (Å²) in [6, 6.07) is 22.6. The van der Waals surface area contributed by atoms with Crippen molar-refractivity contribution in [2.24, 2.45) is 0 Å². The molecule has 3 rings (SSSR count). The maximum Gasteiger partial charge on any atom is 0.338 e. The van der Waals surface area contributed by atoms with Crippen molar-refractivity contribution in [3.63, 3.8) is 0 Å². The van der Waals surface area contributed by atoms with E-state index >= 15 is 0 Å². The van der Waals surface area contributed by atoms with Crippen LogP contribution in [0.15, 0.2) is 72.8 Å². The molecule has 0 unspecified atom stereocenters. The van der Waals surface area contributed by atoms with Crippen molar-refractivity contribution in [1.29, 1.82) is 0 Å². The highest BCUT2D eigenvalue weighted by atomic mass is 16.5. The van der Waals surface area contributed by atoms with Gasteiger partial charge in [0.2, 0.25) is 0 Å². The summed E-state index contributed by atoms with van der Waals surface area (Å²) in [5.74, 6) is -0.559. The first kappa shape index (κ1) is 18.4. The van der Waals surface area contributed by atoms with Gasteiger partial charge < -0.3 is 10.1 Å². The molecule has 3 aromatic rings. The number of aryl methyl sites for hydroxylation is 1. The summed E-state index contributed by atoms with van der Waals surface area (Å²) >= 11 is 0. The van der Waals surface area contributed by atoms with Gasteiger partial charge >= 0.3 is 5.97 Å². The number of rotatable bonds is 5. The Kier molecular flexibility index (Phi) is 5.67. The predicted octanol–water partition coefficient (Wildman–Crippen LogP) is 5.09. The minimum atomic E-state index is -0.366. The molecule has 3 aromatic carbocycles. The highest BCUT2D eigenvalue weighted by molar-refractivity contribution is 6.05. The molecule has 0 heterocycles. The van der Waals surface area contributed by atoms with E-state index in [1.807, 2.05) is 49.4 Å². The van der Waals surface area contributed by atoms with Crippen LogP contribution in [-0.4, -0.2) is 18.5 Å². The van der Waals surface area contributed by atoms with Gasteiger partial charge in [-0.2, -0.15) is 0 Å². The third kappa shape index (κ3) is 4.42. The maximum atomic E-state index is 12.5. The first-order chi connectivity index (χ1) is 13.1. The molecule has 4 heteroatoms. The van der Waals surface area contributed by atoms with E-state index in [0.717, 1.165) is 16.7 Å². The fourth-order valence-corrected chi connectivity index (χ4v) is 2.78. The van der Waals surface area contributed by atoms with Gasteiger partial charge in [0.25, 0.3) is 5.91 Å². The number of ether oxygens (including phenoxy) is 1. The third-order valence-electron chi connectivity index (χ3n) is 4.24. The van der Waals surface area contributed by atoms with Crippen LogP contribution in [0.25, 0.3) is 11.1 Å². The second kappa shape index (κ2) is 8.32. The van der Waals surface area contributed by atoms with Crippen LogP contribution in [0, 0.1) is 6.92 Å². The quantitative estimate of drug-likeness (QED) is 0.646. The van der Waals surface area contributed by atoms with E-state index in [-0.39, 0.29) is 11.9 Å². The summed E-state index contributed by atoms with van der Waals surface area (Å²) in [5.41, 5.74) is 4.68. The Morgan fingerprint density at radius 3 is 2.11 bits per heavy atom. The van der Waals surface area contributed by atoms with E-state index in [4.69, 9.17) is 4.74 Å². The van der Waals surface area contributed by atoms with Crippen LogP contribution < -0.4 is 5.32 Å². The second-order valence-electron chi connectivity index (χ2n) is 6.15. The Morgan fingerprint density at radius 1 is 0.852 bits per heavy atom. The van der Waals surface area contributed by atoms with Crippen molar-refractivity contribution in [2.75, 3.05) is 11.9 Å². The van der Waals surface area contributed by atoms with E-state index in [1.54, 1.807) is 37.3 Å². The molecule has 0 bridgehead atoms. The second-order valence-corrected chi connectivity index (χ2v) is 6.15. The lowest BCUT2D eigenvalue weighted by Crippen LogP contribution is -2.13. The van der Waals surface area contributed by atoms with E-state index in [9.17, 15) is 9.59 Å². The molecule has 136 valence electrons. The zero-order valence-electron chi connectivity index (χ0n) is 15.4. The molecule has 0 saturated heterocycles. The third-order valence-corrected chi connectivity index (χ3v) is 4.24. The van der Waals surface area contributed by atoms with Gasteiger partial charge in [-0.25, -0.2) is 4.79 Å². The number of carbonyl (C=O) groups excluding carboxylic acids is 2. The zero-order valence-corrected chi connectivity index (χ0v) is 15.4. The normalized spacial score (nSPS) is 10.3. The van der Waals surface area contributed by atoms with Crippen molar-refractivity contribution in [1.82, 2.24) is 0 Å². The van der Waals surface area contributed by atoms with Gasteiger partial charge in [0.05, 0.1) is 12.2 Å². The van der Waals surface area contributed by atoms with E-state index in [2.05, 4.69) is 5.32 Å². The Labute approximate surface area is 158 Å². The van der Waals surface area contributed by atoms with Gasteiger partial charge in [0.1, 0.15) is 0 Å². The number of benzene rings is 3. The SMILES string of the molecule is CCOC(=O)c1ccc(NC(=O)c2ccc(-c3ccccc3)cc2)c(C)c1. The van der Waals surface area contributed by atoms with Crippen molar-refractivity contribution < 1.29 is 14.3 Å². The number of carbonyl (C=O) groups is 2. The number of hydrogen-bond acceptors (Lipinski definition) is 3. The Bertz CT molecular complexity index is 947. The molecule has 0 aromatic heterocycles. The summed E-state index contributed by atoms with van der Waals surface area (Å²) in [4.78, 5) is 24.3. The Hall–Kier alpha value is -3.40. The number of nitrogens with one attached hydrogen (secondary N) is 1. The molecule has 27 heavy (non-hydrogen) atoms. The first-order valence-electron chi connectivity index (χ1n) is 8.83. The predicted molar refractivity (Wildman–Crippen MR) is 107 cm³/mol. The van der Waals surface area contributed by atoms with Crippen molar-refractivity contribution in [2.45, 2.75) is 13.8 Å². The smallest absolute Gasteiger partial charge is 0.338 e. The number of amides is 1. The van der Waals surface area contributed by atoms with E-state index < -0.39 is 0 Å². The topological polar surface area (TPSA) is 55.4 Å². The molecular formula is C23H21NO3. The minimum Gasteiger partial charge on any atom is -0.462 e. The van der Waals surface area contributed by atoms with Crippen molar-refractivity contribution in [3.05, 3.63) is 89.5 Å². The highest BCUT2D eigenvalue weighted by Crippen LogP contribution is 2.21. The van der Waals surface area contributed by atoms with Crippen molar-refractivity contribution in [3.8, 4) is 11.1 Å². The van der Waals surface area contributed by atoms with Crippen LogP contribution in [0.5, 0.6) is 0 Å². The molecule has 0 aliphatic heterocycles. The summed E-state index contributed by atoms with van der Waals surface area (Å²) in [6.07, 6.45) is 0. The molecule has 0 radical (unpaired) electrons. The van der Waals surface area contributed by atoms with Crippen LogP contribution >= 0.6 is 0 Å². The fourth-order valence-electron chi connectivity index (χ4n) is 2.78. The van der Waals surface area contributed by atoms with Crippen LogP contribution in [0.4, 0.5) is 5.69 Å². The van der Waals surface area contributed by atoms with Gasteiger partial charge in [-0.1, -0.05) is 42.5 Å². The number of esters is 1. The highest BCUT2D eigenvalue weighted by Gasteiger charge is 2.11. The number of anilines is 1. The largest absolute Gasteiger partial charge is 0.462 e. The van der Waals surface area contributed by atoms with Gasteiger partial charge in [-0.05, 0) is 60.9 Å². The summed E-state index contributed by atoms with van der Waals surface area (Å²) in [6.45, 7) is 3.94. The molecule has 0 fully saturated rings. The summed E-state index contributed by atoms with van der Waals surface area (Å²) in [5, 5.41) is 2.89. The molecule has 0 aliphatic rings. The molecule has 0 spiro atoms. The monoisotopic (exact) mass is 359 g/mol. The van der Waals surface area contributed by atoms with Gasteiger partial charge in [-0.3, -0.25) is 4.79 Å². The summed E-state index contributed by atoms with van der Waals surface area (Å²) in [7, 11) is 0. The lowest BCUT2D eigenvalue weighted by molar-refractivity contribution is 0.0526. The number of hydrogen-bond donors (Lipinski definition) is 1. The average molecular weight is 359 g/mol. The maximum absolute atomic E-state index is 12.5. The van der Waals surface area contributed by atoms with E-state index in [0.29, 0.717) is 23.4 Å². The zero-order chi connectivity index (χ0) is 19.2. The lowest BCUT2D eigenvalue weighted by Gasteiger charge is -2.10. The van der Waals surface area contributed by atoms with Gasteiger partial charge in [0, 0.05) is 11.3 Å². The molecular weight excluding hydrogens is 338 g/mol. The van der Waals surface area contributed by atoms with Crippen LogP contribution in [0.3, 0.4) is 0 Å². The molecule has 0 aliphatic carbocycles. The Morgan fingerprint density at radius 2 is 1.48 bits per heavy atom. The molecule has 4 nitrogen and oxygen atoms in total. The van der Waals surface area contributed by atoms with E-state index in [1.165, 1.54) is 0 Å². The van der Waals surface area contributed by atoms with Crippen molar-refractivity contribution >= 4 is 17.6 Å². The molecule has 0 saturated carbocycles. The van der Waals surface area contributed by atoms with Gasteiger partial charge in [0.15, 0.2) is 0 Å².